The Labute approximate surface area is 94.4 Å². The zero-order valence-electron chi connectivity index (χ0n) is 9.53. The predicted octanol–water partition coefficient (Wildman–Crippen LogP) is 0.764. The smallest absolute Gasteiger partial charge is 0.219 e. The Kier molecular flexibility index (Phi) is 4.57. The zero-order chi connectivity index (χ0) is 12.0. The molecule has 1 heterocycles. The highest BCUT2D eigenvalue weighted by molar-refractivity contribution is 5.74. The lowest BCUT2D eigenvalue weighted by Crippen LogP contribution is -2.36. The van der Waals surface area contributed by atoms with E-state index in [2.05, 4.69) is 5.32 Å². The van der Waals surface area contributed by atoms with Crippen molar-refractivity contribution in [1.29, 1.82) is 0 Å². The van der Waals surface area contributed by atoms with Gasteiger partial charge < -0.3 is 14.6 Å². The normalized spacial score (nSPS) is 9.88. The van der Waals surface area contributed by atoms with E-state index in [9.17, 15) is 9.59 Å². The van der Waals surface area contributed by atoms with Gasteiger partial charge in [0.1, 0.15) is 5.76 Å². The maximum atomic E-state index is 11.3. The first-order chi connectivity index (χ1) is 7.59. The van der Waals surface area contributed by atoms with Crippen molar-refractivity contribution in [3.05, 3.63) is 24.2 Å². The molecule has 0 saturated carbocycles. The van der Waals surface area contributed by atoms with Crippen LogP contribution in [0.1, 0.15) is 19.6 Å². The molecule has 0 aliphatic heterocycles. The second-order valence-electron chi connectivity index (χ2n) is 3.50. The summed E-state index contributed by atoms with van der Waals surface area (Å²) in [6.07, 6.45) is 1.57. The quantitative estimate of drug-likeness (QED) is 0.803. The molecule has 16 heavy (non-hydrogen) atoms. The number of rotatable bonds is 5. The summed E-state index contributed by atoms with van der Waals surface area (Å²) in [5.74, 6) is 0.598. The number of nitrogens with one attached hydrogen (secondary N) is 1. The van der Waals surface area contributed by atoms with E-state index in [4.69, 9.17) is 4.42 Å². The van der Waals surface area contributed by atoms with Crippen molar-refractivity contribution in [2.24, 2.45) is 0 Å². The van der Waals surface area contributed by atoms with Gasteiger partial charge >= 0.3 is 0 Å². The van der Waals surface area contributed by atoms with E-state index in [1.165, 1.54) is 13.8 Å². The number of nitrogens with zero attached hydrogens (tertiary/aromatic N) is 1. The monoisotopic (exact) mass is 224 g/mol. The van der Waals surface area contributed by atoms with Crippen molar-refractivity contribution in [2.45, 2.75) is 20.4 Å². The summed E-state index contributed by atoms with van der Waals surface area (Å²) >= 11 is 0. The van der Waals surface area contributed by atoms with Crippen LogP contribution in [0, 0.1) is 0 Å². The van der Waals surface area contributed by atoms with Crippen LogP contribution in [0.2, 0.25) is 0 Å². The summed E-state index contributed by atoms with van der Waals surface area (Å²) < 4.78 is 5.16. The van der Waals surface area contributed by atoms with Gasteiger partial charge in [0.25, 0.3) is 0 Å². The molecule has 1 rings (SSSR count). The van der Waals surface area contributed by atoms with Crippen LogP contribution < -0.4 is 5.32 Å². The number of carbonyl (C=O) groups is 2. The average Bonchev–Trinajstić information content (AvgIpc) is 2.68. The number of hydrogen-bond donors (Lipinski definition) is 1. The van der Waals surface area contributed by atoms with E-state index in [0.717, 1.165) is 5.76 Å². The standard InChI is InChI=1S/C11H16N2O3/c1-9(14)12-5-6-13(10(2)15)8-11-4-3-7-16-11/h3-4,7H,5-6,8H2,1-2H3,(H,12,14). The average molecular weight is 224 g/mol. The molecule has 0 unspecified atom stereocenters. The lowest BCUT2D eigenvalue weighted by molar-refractivity contribution is -0.130. The highest BCUT2D eigenvalue weighted by Crippen LogP contribution is 2.04. The van der Waals surface area contributed by atoms with Crippen LogP contribution in [0.5, 0.6) is 0 Å². The Morgan fingerprint density at radius 1 is 1.44 bits per heavy atom. The number of hydrogen-bond acceptors (Lipinski definition) is 3. The molecule has 0 saturated heterocycles. The second-order valence-corrected chi connectivity index (χ2v) is 3.50. The third-order valence-corrected chi connectivity index (χ3v) is 2.13. The molecule has 0 aliphatic carbocycles. The Morgan fingerprint density at radius 3 is 2.69 bits per heavy atom. The van der Waals surface area contributed by atoms with Gasteiger partial charge in [0.15, 0.2) is 0 Å². The molecule has 0 aliphatic rings. The van der Waals surface area contributed by atoms with Gasteiger partial charge in [-0.25, -0.2) is 0 Å². The molecule has 1 aromatic heterocycles. The van der Waals surface area contributed by atoms with Crippen LogP contribution in [0.15, 0.2) is 22.8 Å². The third kappa shape index (κ3) is 4.16. The second kappa shape index (κ2) is 5.95. The van der Waals surface area contributed by atoms with Crippen molar-refractivity contribution in [3.8, 4) is 0 Å². The molecule has 0 fully saturated rings. The maximum absolute atomic E-state index is 11.3. The fraction of sp³-hybridized carbons (Fsp3) is 0.455. The molecule has 5 nitrogen and oxygen atoms in total. The predicted molar refractivity (Wildman–Crippen MR) is 58.5 cm³/mol. The highest BCUT2D eigenvalue weighted by Gasteiger charge is 2.10. The van der Waals surface area contributed by atoms with Gasteiger partial charge in [-0.05, 0) is 12.1 Å². The topological polar surface area (TPSA) is 62.6 Å². The zero-order valence-corrected chi connectivity index (χ0v) is 9.53. The first kappa shape index (κ1) is 12.3. The van der Waals surface area contributed by atoms with Crippen LogP contribution in [0.3, 0.4) is 0 Å². The summed E-state index contributed by atoms with van der Waals surface area (Å²) in [4.78, 5) is 23.6. The van der Waals surface area contributed by atoms with Gasteiger partial charge in [-0.3, -0.25) is 9.59 Å². The van der Waals surface area contributed by atoms with Crippen molar-refractivity contribution >= 4 is 11.8 Å². The van der Waals surface area contributed by atoms with E-state index in [1.807, 2.05) is 6.07 Å². The Morgan fingerprint density at radius 2 is 2.19 bits per heavy atom. The van der Waals surface area contributed by atoms with Crippen molar-refractivity contribution in [3.63, 3.8) is 0 Å². The van der Waals surface area contributed by atoms with Gasteiger partial charge in [0.05, 0.1) is 12.8 Å². The fourth-order valence-electron chi connectivity index (χ4n) is 1.31. The van der Waals surface area contributed by atoms with E-state index >= 15 is 0 Å². The van der Waals surface area contributed by atoms with Crippen LogP contribution in [0.25, 0.3) is 0 Å². The lowest BCUT2D eigenvalue weighted by Gasteiger charge is -2.19. The van der Waals surface area contributed by atoms with Crippen LogP contribution >= 0.6 is 0 Å². The van der Waals surface area contributed by atoms with Crippen molar-refractivity contribution in [1.82, 2.24) is 10.2 Å². The molecule has 0 bridgehead atoms. The van der Waals surface area contributed by atoms with Gasteiger partial charge in [0, 0.05) is 26.9 Å². The summed E-state index contributed by atoms with van der Waals surface area (Å²) in [7, 11) is 0. The molecule has 2 amide bonds. The fourth-order valence-corrected chi connectivity index (χ4v) is 1.31. The first-order valence-corrected chi connectivity index (χ1v) is 5.12. The largest absolute Gasteiger partial charge is 0.467 e. The van der Waals surface area contributed by atoms with E-state index in [0.29, 0.717) is 19.6 Å². The Hall–Kier alpha value is -1.78. The Balaban J connectivity index is 2.42. The van der Waals surface area contributed by atoms with Gasteiger partial charge in [-0.1, -0.05) is 0 Å². The summed E-state index contributed by atoms with van der Waals surface area (Å²) in [6, 6.07) is 3.59. The number of amides is 2. The Bertz CT molecular complexity index is 346. The molecule has 88 valence electrons. The van der Waals surface area contributed by atoms with Crippen LogP contribution in [-0.2, 0) is 16.1 Å². The number of carbonyl (C=O) groups excluding carboxylic acids is 2. The van der Waals surface area contributed by atoms with E-state index < -0.39 is 0 Å². The summed E-state index contributed by atoms with van der Waals surface area (Å²) in [6.45, 7) is 4.31. The van der Waals surface area contributed by atoms with Crippen molar-refractivity contribution in [2.75, 3.05) is 13.1 Å². The van der Waals surface area contributed by atoms with Gasteiger partial charge in [0.2, 0.25) is 11.8 Å². The van der Waals surface area contributed by atoms with Crippen LogP contribution in [0.4, 0.5) is 0 Å². The first-order valence-electron chi connectivity index (χ1n) is 5.12. The van der Waals surface area contributed by atoms with Crippen LogP contribution in [-0.4, -0.2) is 29.8 Å². The molecule has 0 atom stereocenters. The molecule has 0 aromatic carbocycles. The maximum Gasteiger partial charge on any atom is 0.219 e. The third-order valence-electron chi connectivity index (χ3n) is 2.13. The van der Waals surface area contributed by atoms with E-state index in [1.54, 1.807) is 17.2 Å². The molecule has 5 heteroatoms. The molecule has 1 aromatic rings. The SMILES string of the molecule is CC(=O)NCCN(Cc1ccco1)C(C)=O. The highest BCUT2D eigenvalue weighted by atomic mass is 16.3. The number of furan rings is 1. The molecular formula is C11H16N2O3. The minimum absolute atomic E-state index is 0.0400. The summed E-state index contributed by atoms with van der Waals surface area (Å²) in [5, 5.41) is 2.65. The summed E-state index contributed by atoms with van der Waals surface area (Å²) in [5.41, 5.74) is 0. The van der Waals surface area contributed by atoms with Gasteiger partial charge in [-0.15, -0.1) is 0 Å². The molecule has 1 N–H and O–H groups in total. The minimum Gasteiger partial charge on any atom is -0.467 e. The minimum atomic E-state index is -0.0958. The molecule has 0 spiro atoms. The lowest BCUT2D eigenvalue weighted by atomic mass is 10.3. The van der Waals surface area contributed by atoms with Gasteiger partial charge in [-0.2, -0.15) is 0 Å². The van der Waals surface area contributed by atoms with E-state index in [-0.39, 0.29) is 11.8 Å². The van der Waals surface area contributed by atoms with Crippen molar-refractivity contribution < 1.29 is 14.0 Å². The molecule has 0 radical (unpaired) electrons. The molecular weight excluding hydrogens is 208 g/mol.